The summed E-state index contributed by atoms with van der Waals surface area (Å²) in [4.78, 5) is 24.8. The summed E-state index contributed by atoms with van der Waals surface area (Å²) in [5.74, 6) is -1.85. The van der Waals surface area contributed by atoms with E-state index < -0.39 is 35.6 Å². The number of hydrogen-bond acceptors (Lipinski definition) is 2. The second-order valence-corrected chi connectivity index (χ2v) is 6.54. The van der Waals surface area contributed by atoms with E-state index >= 15 is 0 Å². The molecule has 3 N–H and O–H groups in total. The van der Waals surface area contributed by atoms with Crippen molar-refractivity contribution in [3.63, 3.8) is 0 Å². The van der Waals surface area contributed by atoms with E-state index in [-0.39, 0.29) is 11.4 Å². The van der Waals surface area contributed by atoms with Gasteiger partial charge < -0.3 is 16.0 Å². The Balaban J connectivity index is 1.96. The Morgan fingerprint density at radius 2 is 1.75 bits per heavy atom. The summed E-state index contributed by atoms with van der Waals surface area (Å²) in [6.07, 6.45) is -4.64. The van der Waals surface area contributed by atoms with E-state index in [1.165, 1.54) is 12.1 Å². The van der Waals surface area contributed by atoms with Crippen LogP contribution < -0.4 is 16.0 Å². The molecule has 0 unspecified atom stereocenters. The molecule has 0 bridgehead atoms. The normalized spacial score (nSPS) is 19.6. The van der Waals surface area contributed by atoms with Crippen LogP contribution in [0, 0.1) is 5.92 Å². The van der Waals surface area contributed by atoms with Crippen LogP contribution in [0.4, 0.5) is 23.7 Å². The summed E-state index contributed by atoms with van der Waals surface area (Å²) in [6.45, 7) is 3.69. The molecule has 1 aliphatic heterocycles. The molecular formula is C19H15ClF3N3O2. The molecule has 0 spiro atoms. The molecule has 28 heavy (non-hydrogen) atoms. The van der Waals surface area contributed by atoms with Crippen molar-refractivity contribution in [3.8, 4) is 0 Å². The van der Waals surface area contributed by atoms with E-state index in [0.717, 1.165) is 12.1 Å². The van der Waals surface area contributed by atoms with Gasteiger partial charge in [-0.15, -0.1) is 0 Å². The zero-order chi connectivity index (χ0) is 20.5. The Morgan fingerprint density at radius 1 is 1.11 bits per heavy atom. The number of carbonyl (C=O) groups is 2. The number of alkyl halides is 3. The molecule has 2 aromatic rings. The van der Waals surface area contributed by atoms with Crippen molar-refractivity contribution in [2.24, 2.45) is 5.92 Å². The molecule has 1 fully saturated rings. The van der Waals surface area contributed by atoms with Gasteiger partial charge in [-0.25, -0.2) is 4.79 Å². The van der Waals surface area contributed by atoms with E-state index in [1.54, 1.807) is 24.3 Å². The van der Waals surface area contributed by atoms with Crippen LogP contribution in [0.5, 0.6) is 0 Å². The minimum absolute atomic E-state index is 0.0515. The van der Waals surface area contributed by atoms with Crippen LogP contribution in [-0.4, -0.2) is 11.9 Å². The van der Waals surface area contributed by atoms with Gasteiger partial charge in [0.15, 0.2) is 0 Å². The number of rotatable bonds is 3. The molecule has 0 radical (unpaired) electrons. The summed E-state index contributed by atoms with van der Waals surface area (Å²) in [6, 6.07) is 9.71. The molecule has 1 saturated heterocycles. The van der Waals surface area contributed by atoms with Gasteiger partial charge in [0.05, 0.1) is 17.3 Å². The first-order chi connectivity index (χ1) is 13.2. The number of carbonyl (C=O) groups excluding carboxylic acids is 2. The van der Waals surface area contributed by atoms with Crippen LogP contribution in [-0.2, 0) is 11.0 Å². The average Bonchev–Trinajstić information content (AvgIpc) is 2.61. The Hall–Kier alpha value is -3.00. The van der Waals surface area contributed by atoms with Crippen molar-refractivity contribution >= 4 is 29.2 Å². The molecule has 5 nitrogen and oxygen atoms in total. The monoisotopic (exact) mass is 409 g/mol. The van der Waals surface area contributed by atoms with E-state index in [9.17, 15) is 22.8 Å². The van der Waals surface area contributed by atoms with E-state index in [1.807, 2.05) is 0 Å². The third kappa shape index (κ3) is 3.96. The fourth-order valence-corrected chi connectivity index (χ4v) is 3.28. The van der Waals surface area contributed by atoms with Gasteiger partial charge in [-0.2, -0.15) is 13.2 Å². The summed E-state index contributed by atoms with van der Waals surface area (Å²) < 4.78 is 39.6. The van der Waals surface area contributed by atoms with Crippen LogP contribution in [0.1, 0.15) is 17.2 Å². The van der Waals surface area contributed by atoms with Crippen LogP contribution >= 0.6 is 11.6 Å². The second-order valence-electron chi connectivity index (χ2n) is 6.13. The molecule has 2 atom stereocenters. The number of anilines is 1. The molecule has 146 valence electrons. The summed E-state index contributed by atoms with van der Waals surface area (Å²) in [7, 11) is 0. The van der Waals surface area contributed by atoms with Crippen molar-refractivity contribution in [1.29, 1.82) is 0 Å². The molecule has 9 heteroatoms. The molecule has 0 aliphatic carbocycles. The molecule has 0 saturated carbocycles. The third-order valence-corrected chi connectivity index (χ3v) is 4.63. The smallest absolute Gasteiger partial charge is 0.330 e. The fourth-order valence-electron chi connectivity index (χ4n) is 3.03. The van der Waals surface area contributed by atoms with Gasteiger partial charge in [0, 0.05) is 10.7 Å². The number of amides is 3. The predicted octanol–water partition coefficient (Wildman–Crippen LogP) is 4.48. The van der Waals surface area contributed by atoms with Gasteiger partial charge in [0.2, 0.25) is 5.91 Å². The quantitative estimate of drug-likeness (QED) is 0.699. The summed E-state index contributed by atoms with van der Waals surface area (Å²) in [5, 5.41) is 7.58. The average molecular weight is 410 g/mol. The SMILES string of the molecule is C=C1NC(=O)N[C@H](c2ccccc2Cl)[C@H]1C(=O)Nc1ccccc1C(F)(F)F. The molecular weight excluding hydrogens is 395 g/mol. The highest BCUT2D eigenvalue weighted by Gasteiger charge is 2.40. The van der Waals surface area contributed by atoms with Gasteiger partial charge in [-0.3, -0.25) is 4.79 Å². The number of halogens is 4. The first-order valence-electron chi connectivity index (χ1n) is 8.16. The van der Waals surface area contributed by atoms with E-state index in [0.29, 0.717) is 10.6 Å². The van der Waals surface area contributed by atoms with Crippen LogP contribution in [0.15, 0.2) is 60.8 Å². The van der Waals surface area contributed by atoms with Crippen molar-refractivity contribution in [2.75, 3.05) is 5.32 Å². The van der Waals surface area contributed by atoms with Crippen molar-refractivity contribution in [2.45, 2.75) is 12.2 Å². The highest BCUT2D eigenvalue weighted by atomic mass is 35.5. The van der Waals surface area contributed by atoms with Gasteiger partial charge >= 0.3 is 12.2 Å². The Morgan fingerprint density at radius 3 is 2.43 bits per heavy atom. The van der Waals surface area contributed by atoms with Crippen LogP contribution in [0.2, 0.25) is 5.02 Å². The Bertz CT molecular complexity index is 946. The molecule has 1 aliphatic rings. The maximum atomic E-state index is 13.2. The number of para-hydroxylation sites is 1. The van der Waals surface area contributed by atoms with E-state index in [4.69, 9.17) is 11.6 Å². The first kappa shape index (κ1) is 19.8. The maximum absolute atomic E-state index is 13.2. The van der Waals surface area contributed by atoms with Gasteiger partial charge in [0.1, 0.15) is 5.92 Å². The standard InChI is InChI=1S/C19H15ClF3N3O2/c1-10-15(16(26-18(28)24-10)11-6-2-4-8-13(11)20)17(27)25-14-9-5-3-7-12(14)19(21,22)23/h2-9,15-16H,1H2,(H,25,27)(H2,24,26,28)/t15-,16+/m0/s1. The lowest BCUT2D eigenvalue weighted by Crippen LogP contribution is -2.52. The van der Waals surface area contributed by atoms with Crippen molar-refractivity contribution < 1.29 is 22.8 Å². The molecule has 2 aromatic carbocycles. The number of nitrogens with one attached hydrogen (secondary N) is 3. The lowest BCUT2D eigenvalue weighted by molar-refractivity contribution is -0.137. The number of benzene rings is 2. The Labute approximate surface area is 163 Å². The predicted molar refractivity (Wildman–Crippen MR) is 98.6 cm³/mol. The lowest BCUT2D eigenvalue weighted by atomic mass is 9.88. The van der Waals surface area contributed by atoms with Gasteiger partial charge in [-0.05, 0) is 23.8 Å². The third-order valence-electron chi connectivity index (χ3n) is 4.28. The highest BCUT2D eigenvalue weighted by molar-refractivity contribution is 6.31. The van der Waals surface area contributed by atoms with E-state index in [2.05, 4.69) is 22.5 Å². The molecule has 0 aromatic heterocycles. The molecule has 3 amide bonds. The highest BCUT2D eigenvalue weighted by Crippen LogP contribution is 2.37. The van der Waals surface area contributed by atoms with Crippen molar-refractivity contribution in [1.82, 2.24) is 10.6 Å². The summed E-state index contributed by atoms with van der Waals surface area (Å²) >= 11 is 6.19. The number of hydrogen-bond donors (Lipinski definition) is 3. The largest absolute Gasteiger partial charge is 0.418 e. The second kappa shape index (κ2) is 7.55. The van der Waals surface area contributed by atoms with Crippen molar-refractivity contribution in [3.05, 3.63) is 77.0 Å². The number of urea groups is 1. The van der Waals surface area contributed by atoms with Crippen LogP contribution in [0.25, 0.3) is 0 Å². The molecule has 1 heterocycles. The van der Waals surface area contributed by atoms with Crippen LogP contribution in [0.3, 0.4) is 0 Å². The zero-order valence-corrected chi connectivity index (χ0v) is 15.1. The zero-order valence-electron chi connectivity index (χ0n) is 14.3. The molecule has 3 rings (SSSR count). The topological polar surface area (TPSA) is 70.2 Å². The summed E-state index contributed by atoms with van der Waals surface area (Å²) in [5.41, 5.74) is -0.862. The van der Waals surface area contributed by atoms with Gasteiger partial charge in [-0.1, -0.05) is 48.5 Å². The Kier molecular flexibility index (Phi) is 5.33. The first-order valence-corrected chi connectivity index (χ1v) is 8.54. The maximum Gasteiger partial charge on any atom is 0.418 e. The van der Waals surface area contributed by atoms with Gasteiger partial charge in [0.25, 0.3) is 0 Å². The fraction of sp³-hybridized carbons (Fsp3) is 0.158. The minimum Gasteiger partial charge on any atom is -0.330 e. The minimum atomic E-state index is -4.64. The lowest BCUT2D eigenvalue weighted by Gasteiger charge is -2.34.